The number of ketones is 1. The van der Waals surface area contributed by atoms with Crippen LogP contribution in [0.1, 0.15) is 13.8 Å². The molecule has 0 atom stereocenters. The Hall–Kier alpha value is -1.64. The molecule has 1 aliphatic heterocycles. The Morgan fingerprint density at radius 3 is 2.73 bits per heavy atom. The Kier molecular flexibility index (Phi) is 3.61. The highest BCUT2D eigenvalue weighted by atomic mass is 16.1. The summed E-state index contributed by atoms with van der Waals surface area (Å²) >= 11 is 0. The van der Waals surface area contributed by atoms with E-state index in [-0.39, 0.29) is 11.7 Å². The second-order valence-electron chi connectivity index (χ2n) is 3.69. The predicted octanol–water partition coefficient (Wildman–Crippen LogP) is 2.14. The van der Waals surface area contributed by atoms with Gasteiger partial charge in [-0.15, -0.1) is 0 Å². The van der Waals surface area contributed by atoms with Crippen molar-refractivity contribution in [1.29, 1.82) is 0 Å². The van der Waals surface area contributed by atoms with Crippen LogP contribution >= 0.6 is 0 Å². The third kappa shape index (κ3) is 2.43. The molecule has 0 unspecified atom stereocenters. The molecule has 0 radical (unpaired) electrons. The highest BCUT2D eigenvalue weighted by Crippen LogP contribution is 2.18. The Balaban J connectivity index is 3.14. The molecule has 0 N–H and O–H groups in total. The number of carbonyl (C=O) groups excluding carboxylic acids is 1. The van der Waals surface area contributed by atoms with E-state index in [0.29, 0.717) is 11.4 Å². The molecule has 1 rings (SSSR count). The van der Waals surface area contributed by atoms with E-state index in [2.05, 4.69) is 11.6 Å². The Bertz CT molecular complexity index is 362. The maximum absolute atomic E-state index is 11.9. The van der Waals surface area contributed by atoms with Crippen LogP contribution in [-0.2, 0) is 4.79 Å². The molecule has 0 saturated heterocycles. The van der Waals surface area contributed by atoms with Crippen LogP contribution in [-0.4, -0.2) is 23.9 Å². The van der Waals surface area contributed by atoms with Gasteiger partial charge in [-0.25, -0.2) is 4.99 Å². The number of hydrogen-bond donors (Lipinski definition) is 0. The number of rotatable bonds is 3. The van der Waals surface area contributed by atoms with Gasteiger partial charge < -0.3 is 4.90 Å². The van der Waals surface area contributed by atoms with Crippen molar-refractivity contribution in [2.75, 3.05) is 7.05 Å². The van der Waals surface area contributed by atoms with Gasteiger partial charge in [0.05, 0.1) is 5.57 Å². The summed E-state index contributed by atoms with van der Waals surface area (Å²) in [5, 5.41) is 0. The molecule has 0 aliphatic carbocycles. The molecule has 3 nitrogen and oxygen atoms in total. The highest BCUT2D eigenvalue weighted by molar-refractivity contribution is 6.00. The average molecular weight is 204 g/mol. The molecule has 1 aliphatic rings. The summed E-state index contributed by atoms with van der Waals surface area (Å²) in [6.45, 7) is 7.41. The van der Waals surface area contributed by atoms with Crippen molar-refractivity contribution in [2.45, 2.75) is 13.8 Å². The van der Waals surface area contributed by atoms with Crippen molar-refractivity contribution in [1.82, 2.24) is 4.90 Å². The number of nitrogens with zero attached hydrogens (tertiary/aromatic N) is 2. The number of hydrogen-bond acceptors (Lipinski definition) is 3. The zero-order chi connectivity index (χ0) is 11.4. The van der Waals surface area contributed by atoms with Crippen LogP contribution in [0.5, 0.6) is 0 Å². The predicted molar refractivity (Wildman–Crippen MR) is 62.5 cm³/mol. The summed E-state index contributed by atoms with van der Waals surface area (Å²) < 4.78 is 0. The summed E-state index contributed by atoms with van der Waals surface area (Å²) in [6, 6.07) is 0. The molecule has 0 aromatic rings. The van der Waals surface area contributed by atoms with E-state index in [4.69, 9.17) is 0 Å². The molecular formula is C12H16N2O. The van der Waals surface area contributed by atoms with E-state index in [9.17, 15) is 4.79 Å². The number of allylic oxidation sites excluding steroid dienone is 3. The molecule has 0 fully saturated rings. The lowest BCUT2D eigenvalue weighted by atomic mass is 10.0. The van der Waals surface area contributed by atoms with E-state index in [1.807, 2.05) is 38.1 Å². The molecule has 15 heavy (non-hydrogen) atoms. The lowest BCUT2D eigenvalue weighted by Gasteiger charge is -2.20. The van der Waals surface area contributed by atoms with Crippen molar-refractivity contribution in [2.24, 2.45) is 10.9 Å². The molecule has 0 bridgehead atoms. The Morgan fingerprint density at radius 2 is 2.27 bits per heavy atom. The van der Waals surface area contributed by atoms with Gasteiger partial charge >= 0.3 is 0 Å². The minimum atomic E-state index is -0.0417. The summed E-state index contributed by atoms with van der Waals surface area (Å²) in [5.74, 6) is 0.686. The van der Waals surface area contributed by atoms with Crippen LogP contribution in [0.2, 0.25) is 0 Å². The summed E-state index contributed by atoms with van der Waals surface area (Å²) in [7, 11) is 1.86. The fourth-order valence-electron chi connectivity index (χ4n) is 1.32. The minimum Gasteiger partial charge on any atom is -0.335 e. The average Bonchev–Trinajstić information content (AvgIpc) is 2.21. The van der Waals surface area contributed by atoms with Gasteiger partial charge in [0, 0.05) is 25.4 Å². The van der Waals surface area contributed by atoms with Crippen LogP contribution in [0.15, 0.2) is 41.3 Å². The van der Waals surface area contributed by atoms with Gasteiger partial charge in [-0.1, -0.05) is 26.5 Å². The molecule has 0 spiro atoms. The smallest absolute Gasteiger partial charge is 0.169 e. The normalized spacial score (nSPS) is 18.3. The molecule has 0 amide bonds. The van der Waals surface area contributed by atoms with Crippen LogP contribution in [0.25, 0.3) is 0 Å². The van der Waals surface area contributed by atoms with Crippen LogP contribution in [0, 0.1) is 5.92 Å². The van der Waals surface area contributed by atoms with Gasteiger partial charge in [0.15, 0.2) is 5.78 Å². The lowest BCUT2D eigenvalue weighted by Crippen LogP contribution is -2.19. The first kappa shape index (κ1) is 11.4. The SMILES string of the molecule is C=C/C(C(=O)C(C)C)=C1/N=CC=CN1C. The van der Waals surface area contributed by atoms with Crippen LogP contribution in [0.4, 0.5) is 0 Å². The van der Waals surface area contributed by atoms with Crippen molar-refractivity contribution >= 4 is 12.0 Å². The standard InChI is InChI=1S/C12H16N2O/c1-5-10(11(15)9(2)3)12-13-7-6-8-14(12)4/h5-9H,1H2,2-4H3/b12-10+. The van der Waals surface area contributed by atoms with E-state index >= 15 is 0 Å². The zero-order valence-electron chi connectivity index (χ0n) is 9.40. The second-order valence-corrected chi connectivity index (χ2v) is 3.69. The third-order valence-corrected chi connectivity index (χ3v) is 2.16. The van der Waals surface area contributed by atoms with Crippen LogP contribution < -0.4 is 0 Å². The fourth-order valence-corrected chi connectivity index (χ4v) is 1.32. The zero-order valence-corrected chi connectivity index (χ0v) is 9.40. The Labute approximate surface area is 90.5 Å². The largest absolute Gasteiger partial charge is 0.335 e. The fraction of sp³-hybridized carbons (Fsp3) is 0.333. The van der Waals surface area contributed by atoms with Gasteiger partial charge in [-0.3, -0.25) is 4.79 Å². The maximum Gasteiger partial charge on any atom is 0.169 e. The van der Waals surface area contributed by atoms with Gasteiger partial charge in [0.2, 0.25) is 0 Å². The van der Waals surface area contributed by atoms with Crippen LogP contribution in [0.3, 0.4) is 0 Å². The van der Waals surface area contributed by atoms with E-state index < -0.39 is 0 Å². The van der Waals surface area contributed by atoms with Crippen molar-refractivity contribution in [3.63, 3.8) is 0 Å². The van der Waals surface area contributed by atoms with Crippen molar-refractivity contribution in [3.05, 3.63) is 36.3 Å². The molecule has 0 saturated carbocycles. The maximum atomic E-state index is 11.9. The molecule has 3 heteroatoms. The minimum absolute atomic E-state index is 0.0417. The number of Topliss-reactive ketones (excluding diaryl/α,β-unsaturated/α-hetero) is 1. The van der Waals surface area contributed by atoms with Gasteiger partial charge in [-0.05, 0) is 6.08 Å². The topological polar surface area (TPSA) is 32.7 Å². The van der Waals surface area contributed by atoms with E-state index in [0.717, 1.165) is 0 Å². The van der Waals surface area contributed by atoms with E-state index in [1.165, 1.54) is 0 Å². The van der Waals surface area contributed by atoms with Crippen molar-refractivity contribution < 1.29 is 4.79 Å². The number of carbonyl (C=O) groups is 1. The van der Waals surface area contributed by atoms with Gasteiger partial charge in [0.25, 0.3) is 0 Å². The van der Waals surface area contributed by atoms with E-state index in [1.54, 1.807) is 12.3 Å². The second kappa shape index (κ2) is 4.73. The molecule has 1 heterocycles. The Morgan fingerprint density at radius 1 is 1.60 bits per heavy atom. The highest BCUT2D eigenvalue weighted by Gasteiger charge is 2.17. The first-order valence-corrected chi connectivity index (χ1v) is 4.92. The lowest BCUT2D eigenvalue weighted by molar-refractivity contribution is -0.118. The molecule has 0 aromatic heterocycles. The monoisotopic (exact) mass is 204 g/mol. The summed E-state index contributed by atoms with van der Waals surface area (Å²) in [5.41, 5.74) is 0.577. The molecular weight excluding hydrogens is 188 g/mol. The summed E-state index contributed by atoms with van der Waals surface area (Å²) in [4.78, 5) is 17.9. The third-order valence-electron chi connectivity index (χ3n) is 2.16. The summed E-state index contributed by atoms with van der Waals surface area (Å²) in [6.07, 6.45) is 6.93. The first-order chi connectivity index (χ1) is 7.07. The van der Waals surface area contributed by atoms with Crippen molar-refractivity contribution in [3.8, 4) is 0 Å². The quantitative estimate of drug-likeness (QED) is 0.660. The molecule has 80 valence electrons. The first-order valence-electron chi connectivity index (χ1n) is 4.92. The number of aliphatic imine (C=N–C) groups is 1. The van der Waals surface area contributed by atoms with Gasteiger partial charge in [0.1, 0.15) is 5.82 Å². The van der Waals surface area contributed by atoms with Gasteiger partial charge in [-0.2, -0.15) is 0 Å². The molecule has 0 aromatic carbocycles.